The number of thioether (sulfide) groups is 1. The summed E-state index contributed by atoms with van der Waals surface area (Å²) in [5, 5.41) is 10.7. The van der Waals surface area contributed by atoms with Crippen LogP contribution in [0.3, 0.4) is 0 Å². The van der Waals surface area contributed by atoms with E-state index in [9.17, 15) is 0 Å². The fourth-order valence-corrected chi connectivity index (χ4v) is 3.73. The van der Waals surface area contributed by atoms with E-state index in [1.54, 1.807) is 18.4 Å². The molecule has 0 radical (unpaired) electrons. The van der Waals surface area contributed by atoms with Crippen LogP contribution in [0.15, 0.2) is 55.8 Å². The van der Waals surface area contributed by atoms with Crippen LogP contribution < -0.4 is 4.74 Å². The van der Waals surface area contributed by atoms with E-state index in [1.807, 2.05) is 48.7 Å². The van der Waals surface area contributed by atoms with Gasteiger partial charge in [0.25, 0.3) is 5.22 Å². The molecule has 0 bridgehead atoms. The van der Waals surface area contributed by atoms with E-state index >= 15 is 0 Å². The normalized spacial score (nSPS) is 11.0. The van der Waals surface area contributed by atoms with E-state index < -0.39 is 0 Å². The number of methoxy groups -OCH3 is 1. The molecular weight excluding hydrogens is 370 g/mol. The van der Waals surface area contributed by atoms with Crippen molar-refractivity contribution in [2.45, 2.75) is 17.9 Å². The van der Waals surface area contributed by atoms with E-state index in [-0.39, 0.29) is 0 Å². The molecule has 0 saturated carbocycles. The molecule has 0 spiro atoms. The number of thiophene rings is 1. The zero-order chi connectivity index (χ0) is 17.9. The van der Waals surface area contributed by atoms with Crippen LogP contribution in [0.4, 0.5) is 0 Å². The van der Waals surface area contributed by atoms with Gasteiger partial charge in [-0.15, -0.1) is 21.5 Å². The Hall–Kier alpha value is -2.58. The highest BCUT2D eigenvalue weighted by atomic mass is 32.2. The molecule has 0 aliphatic carbocycles. The fraction of sp³-hybridized carbons (Fsp3) is 0.167. The standard InChI is InChI=1S/C18H15N3O3S2/c1-11-14(19-17(23-11)15-4-3-9-25-15)10-26-18-21-20-16(24-18)12-5-7-13(22-2)8-6-12/h3-9H,10H2,1-2H3. The summed E-state index contributed by atoms with van der Waals surface area (Å²) in [6.45, 7) is 1.91. The van der Waals surface area contributed by atoms with Crippen molar-refractivity contribution in [3.63, 3.8) is 0 Å². The van der Waals surface area contributed by atoms with Gasteiger partial charge in [-0.3, -0.25) is 0 Å². The van der Waals surface area contributed by atoms with Crippen LogP contribution in [0.1, 0.15) is 11.5 Å². The first kappa shape index (κ1) is 16.9. The van der Waals surface area contributed by atoms with Gasteiger partial charge in [0.05, 0.1) is 17.7 Å². The summed E-state index contributed by atoms with van der Waals surface area (Å²) in [5.41, 5.74) is 1.73. The van der Waals surface area contributed by atoms with Crippen molar-refractivity contribution in [2.24, 2.45) is 0 Å². The van der Waals surface area contributed by atoms with Crippen LogP contribution in [0.2, 0.25) is 0 Å². The summed E-state index contributed by atoms with van der Waals surface area (Å²) in [6.07, 6.45) is 0. The van der Waals surface area contributed by atoms with Gasteiger partial charge in [0.2, 0.25) is 11.8 Å². The van der Waals surface area contributed by atoms with Crippen molar-refractivity contribution in [3.05, 3.63) is 53.2 Å². The zero-order valence-electron chi connectivity index (χ0n) is 14.1. The number of nitrogens with zero attached hydrogens (tertiary/aromatic N) is 3. The third-order valence-corrected chi connectivity index (χ3v) is 5.39. The first-order valence-electron chi connectivity index (χ1n) is 7.84. The lowest BCUT2D eigenvalue weighted by Gasteiger charge is -1.99. The molecule has 3 aromatic heterocycles. The van der Waals surface area contributed by atoms with Gasteiger partial charge in [-0.05, 0) is 42.6 Å². The molecule has 0 aliphatic heterocycles. The minimum absolute atomic E-state index is 0.478. The SMILES string of the molecule is COc1ccc(-c2nnc(SCc3nc(-c4cccs4)oc3C)o2)cc1. The van der Waals surface area contributed by atoms with Crippen molar-refractivity contribution in [1.82, 2.24) is 15.2 Å². The van der Waals surface area contributed by atoms with Crippen molar-refractivity contribution >= 4 is 23.1 Å². The first-order chi connectivity index (χ1) is 12.7. The summed E-state index contributed by atoms with van der Waals surface area (Å²) in [4.78, 5) is 5.59. The molecule has 0 atom stereocenters. The molecule has 26 heavy (non-hydrogen) atoms. The lowest BCUT2D eigenvalue weighted by Crippen LogP contribution is -1.84. The Morgan fingerprint density at radius 3 is 2.65 bits per heavy atom. The van der Waals surface area contributed by atoms with Gasteiger partial charge in [-0.2, -0.15) is 0 Å². The molecular formula is C18H15N3O3S2. The lowest BCUT2D eigenvalue weighted by molar-refractivity contribution is 0.414. The van der Waals surface area contributed by atoms with Gasteiger partial charge >= 0.3 is 0 Å². The van der Waals surface area contributed by atoms with E-state index in [0.717, 1.165) is 27.6 Å². The number of hydrogen-bond donors (Lipinski definition) is 0. The largest absolute Gasteiger partial charge is 0.497 e. The van der Waals surface area contributed by atoms with Crippen molar-refractivity contribution < 1.29 is 13.6 Å². The molecule has 1 aromatic carbocycles. The minimum Gasteiger partial charge on any atom is -0.497 e. The first-order valence-corrected chi connectivity index (χ1v) is 9.70. The third kappa shape index (κ3) is 3.51. The van der Waals surface area contributed by atoms with Gasteiger partial charge in [0, 0.05) is 11.3 Å². The quantitative estimate of drug-likeness (QED) is 0.429. The lowest BCUT2D eigenvalue weighted by atomic mass is 10.2. The molecule has 0 unspecified atom stereocenters. The topological polar surface area (TPSA) is 74.2 Å². The van der Waals surface area contributed by atoms with Crippen LogP contribution >= 0.6 is 23.1 Å². The molecule has 0 N–H and O–H groups in total. The number of benzene rings is 1. The monoisotopic (exact) mass is 385 g/mol. The fourth-order valence-electron chi connectivity index (χ4n) is 2.32. The van der Waals surface area contributed by atoms with Crippen LogP contribution in [0.5, 0.6) is 5.75 Å². The number of aromatic nitrogens is 3. The Morgan fingerprint density at radius 1 is 1.08 bits per heavy atom. The van der Waals surface area contributed by atoms with Gasteiger partial charge < -0.3 is 13.6 Å². The third-order valence-electron chi connectivity index (χ3n) is 3.70. The molecule has 6 nitrogen and oxygen atoms in total. The molecule has 132 valence electrons. The minimum atomic E-state index is 0.478. The van der Waals surface area contributed by atoms with E-state index in [4.69, 9.17) is 13.6 Å². The van der Waals surface area contributed by atoms with E-state index in [1.165, 1.54) is 11.8 Å². The molecule has 0 fully saturated rings. The summed E-state index contributed by atoms with van der Waals surface area (Å²) in [7, 11) is 1.63. The maximum Gasteiger partial charge on any atom is 0.277 e. The van der Waals surface area contributed by atoms with Crippen LogP contribution in [0, 0.1) is 6.92 Å². The van der Waals surface area contributed by atoms with E-state index in [2.05, 4.69) is 15.2 Å². The number of oxazole rings is 1. The van der Waals surface area contributed by atoms with Crippen LogP contribution in [0.25, 0.3) is 22.2 Å². The Balaban J connectivity index is 1.45. The number of hydrogen-bond acceptors (Lipinski definition) is 8. The van der Waals surface area contributed by atoms with Gasteiger partial charge in [0.1, 0.15) is 11.5 Å². The van der Waals surface area contributed by atoms with Gasteiger partial charge in [-0.1, -0.05) is 17.8 Å². The van der Waals surface area contributed by atoms with Gasteiger partial charge in [0.15, 0.2) is 0 Å². The molecule has 0 aliphatic rings. The van der Waals surface area contributed by atoms with E-state index in [0.29, 0.717) is 22.8 Å². The maximum atomic E-state index is 5.75. The average Bonchev–Trinajstić information content (AvgIpc) is 3.41. The summed E-state index contributed by atoms with van der Waals surface area (Å²) in [5.74, 6) is 3.32. The van der Waals surface area contributed by atoms with Crippen molar-refractivity contribution in [2.75, 3.05) is 7.11 Å². The summed E-state index contributed by atoms with van der Waals surface area (Å²) >= 11 is 3.04. The predicted octanol–water partition coefficient (Wildman–Crippen LogP) is 5.06. The Bertz CT molecular complexity index is 991. The Labute approximate surface area is 158 Å². The van der Waals surface area contributed by atoms with Crippen molar-refractivity contribution in [1.29, 1.82) is 0 Å². The highest BCUT2D eigenvalue weighted by Crippen LogP contribution is 2.30. The predicted molar refractivity (Wildman–Crippen MR) is 100 cm³/mol. The summed E-state index contributed by atoms with van der Waals surface area (Å²) in [6, 6.07) is 11.5. The average molecular weight is 385 g/mol. The molecule has 0 saturated heterocycles. The van der Waals surface area contributed by atoms with Crippen molar-refractivity contribution in [3.8, 4) is 28.0 Å². The molecule has 3 heterocycles. The molecule has 8 heteroatoms. The second-order valence-electron chi connectivity index (χ2n) is 5.39. The van der Waals surface area contributed by atoms with Gasteiger partial charge in [-0.25, -0.2) is 4.98 Å². The highest BCUT2D eigenvalue weighted by molar-refractivity contribution is 7.98. The highest BCUT2D eigenvalue weighted by Gasteiger charge is 2.15. The molecule has 4 rings (SSSR count). The number of aryl methyl sites for hydroxylation is 1. The van der Waals surface area contributed by atoms with Crippen LogP contribution in [-0.2, 0) is 5.75 Å². The Morgan fingerprint density at radius 2 is 1.92 bits per heavy atom. The molecule has 4 aromatic rings. The zero-order valence-corrected chi connectivity index (χ0v) is 15.8. The summed E-state index contributed by atoms with van der Waals surface area (Å²) < 4.78 is 16.6. The smallest absolute Gasteiger partial charge is 0.277 e. The second kappa shape index (κ2) is 7.35. The van der Waals surface area contributed by atoms with Crippen LogP contribution in [-0.4, -0.2) is 22.3 Å². The molecule has 0 amide bonds. The Kier molecular flexibility index (Phi) is 4.77. The second-order valence-corrected chi connectivity index (χ2v) is 7.26. The number of ether oxygens (including phenoxy) is 1. The number of rotatable bonds is 6. The maximum absolute atomic E-state index is 5.75.